The van der Waals surface area contributed by atoms with E-state index in [-0.39, 0.29) is 6.61 Å². The highest BCUT2D eigenvalue weighted by atomic mass is 35.5. The molecular formula is C16H18ClNO2. The van der Waals surface area contributed by atoms with Crippen molar-refractivity contribution in [3.8, 4) is 11.6 Å². The van der Waals surface area contributed by atoms with Gasteiger partial charge in [0.05, 0.1) is 6.61 Å². The molecule has 0 atom stereocenters. The monoisotopic (exact) mass is 291 g/mol. The zero-order chi connectivity index (χ0) is 14.7. The summed E-state index contributed by atoms with van der Waals surface area (Å²) in [5.41, 5.74) is 3.14. The Hall–Kier alpha value is -1.58. The Balaban J connectivity index is 2.24. The number of hydrogen-bond donors (Lipinski definition) is 1. The first-order valence-corrected chi connectivity index (χ1v) is 6.92. The summed E-state index contributed by atoms with van der Waals surface area (Å²) in [4.78, 5) is 4.12. The molecule has 1 N–H and O–H groups in total. The Morgan fingerprint density at radius 2 is 2.05 bits per heavy atom. The Labute approximate surface area is 124 Å². The summed E-state index contributed by atoms with van der Waals surface area (Å²) >= 11 is 6.08. The van der Waals surface area contributed by atoms with Crippen molar-refractivity contribution in [2.24, 2.45) is 0 Å². The van der Waals surface area contributed by atoms with E-state index >= 15 is 0 Å². The van der Waals surface area contributed by atoms with Crippen molar-refractivity contribution in [2.75, 3.05) is 0 Å². The third-order valence-corrected chi connectivity index (χ3v) is 3.40. The molecule has 0 aliphatic rings. The van der Waals surface area contributed by atoms with Gasteiger partial charge in [0.2, 0.25) is 5.88 Å². The standard InChI is InChI=1S/C16H18ClNO2/c1-10(2)14-5-4-13(6-11(14)3)20-16-15(17)7-12(9-19)8-18-16/h4-8,10,19H,9H2,1-3H3. The molecule has 0 bridgehead atoms. The quantitative estimate of drug-likeness (QED) is 0.905. The van der Waals surface area contributed by atoms with E-state index in [1.54, 1.807) is 12.3 Å². The molecule has 1 heterocycles. The third kappa shape index (κ3) is 3.30. The van der Waals surface area contributed by atoms with Crippen molar-refractivity contribution in [2.45, 2.75) is 33.3 Å². The number of nitrogens with zero attached hydrogens (tertiary/aromatic N) is 1. The van der Waals surface area contributed by atoms with E-state index in [1.807, 2.05) is 12.1 Å². The van der Waals surface area contributed by atoms with Crippen molar-refractivity contribution in [1.82, 2.24) is 4.98 Å². The van der Waals surface area contributed by atoms with Crippen LogP contribution in [-0.2, 0) is 6.61 Å². The number of aromatic nitrogens is 1. The molecule has 0 saturated carbocycles. The van der Waals surface area contributed by atoms with E-state index in [9.17, 15) is 0 Å². The first-order chi connectivity index (χ1) is 9.51. The number of rotatable bonds is 4. The largest absolute Gasteiger partial charge is 0.438 e. The second-order valence-electron chi connectivity index (χ2n) is 5.06. The van der Waals surface area contributed by atoms with Crippen LogP contribution in [0.1, 0.15) is 36.5 Å². The zero-order valence-corrected chi connectivity index (χ0v) is 12.6. The average Bonchev–Trinajstić information content (AvgIpc) is 2.40. The van der Waals surface area contributed by atoms with Crippen LogP contribution in [0.25, 0.3) is 0 Å². The van der Waals surface area contributed by atoms with Crippen LogP contribution in [0.2, 0.25) is 5.02 Å². The number of pyridine rings is 1. The topological polar surface area (TPSA) is 42.4 Å². The first kappa shape index (κ1) is 14.8. The van der Waals surface area contributed by atoms with Crippen LogP contribution >= 0.6 is 11.6 Å². The normalized spacial score (nSPS) is 10.9. The number of ether oxygens (including phenoxy) is 1. The van der Waals surface area contributed by atoms with Crippen molar-refractivity contribution in [3.63, 3.8) is 0 Å². The molecule has 0 spiro atoms. The van der Waals surface area contributed by atoms with Crippen LogP contribution in [-0.4, -0.2) is 10.1 Å². The number of aliphatic hydroxyl groups is 1. The van der Waals surface area contributed by atoms with E-state index in [0.717, 1.165) is 0 Å². The number of benzene rings is 1. The maximum Gasteiger partial charge on any atom is 0.238 e. The van der Waals surface area contributed by atoms with E-state index in [0.29, 0.717) is 28.1 Å². The molecule has 20 heavy (non-hydrogen) atoms. The Bertz CT molecular complexity index is 611. The molecule has 4 heteroatoms. The van der Waals surface area contributed by atoms with Gasteiger partial charge in [0.15, 0.2) is 0 Å². The summed E-state index contributed by atoms with van der Waals surface area (Å²) < 4.78 is 5.70. The second-order valence-corrected chi connectivity index (χ2v) is 5.47. The Kier molecular flexibility index (Phi) is 4.63. The summed E-state index contributed by atoms with van der Waals surface area (Å²) in [5.74, 6) is 1.54. The predicted molar refractivity (Wildman–Crippen MR) is 80.5 cm³/mol. The van der Waals surface area contributed by atoms with E-state index < -0.39 is 0 Å². The van der Waals surface area contributed by atoms with Crippen LogP contribution in [0.5, 0.6) is 11.6 Å². The predicted octanol–water partition coefficient (Wildman–Crippen LogP) is 4.45. The lowest BCUT2D eigenvalue weighted by molar-refractivity contribution is 0.281. The number of aryl methyl sites for hydroxylation is 1. The summed E-state index contributed by atoms with van der Waals surface area (Å²) in [6, 6.07) is 7.61. The molecule has 0 unspecified atom stereocenters. The Morgan fingerprint density at radius 1 is 1.30 bits per heavy atom. The molecule has 0 aliphatic carbocycles. The van der Waals surface area contributed by atoms with Gasteiger partial charge in [0, 0.05) is 6.20 Å². The van der Waals surface area contributed by atoms with Crippen LogP contribution in [0, 0.1) is 6.92 Å². The maximum absolute atomic E-state index is 9.02. The van der Waals surface area contributed by atoms with Gasteiger partial charge < -0.3 is 9.84 Å². The van der Waals surface area contributed by atoms with Crippen LogP contribution < -0.4 is 4.74 Å². The molecule has 2 aromatic rings. The molecular weight excluding hydrogens is 274 g/mol. The summed E-state index contributed by atoms with van der Waals surface area (Å²) in [6.45, 7) is 6.30. The minimum absolute atomic E-state index is 0.0881. The van der Waals surface area contributed by atoms with Gasteiger partial charge in [-0.15, -0.1) is 0 Å². The van der Waals surface area contributed by atoms with Gasteiger partial charge in [-0.1, -0.05) is 31.5 Å². The fourth-order valence-electron chi connectivity index (χ4n) is 2.10. The summed E-state index contributed by atoms with van der Waals surface area (Å²) in [7, 11) is 0. The molecule has 2 rings (SSSR count). The molecule has 1 aromatic carbocycles. The number of halogens is 1. The van der Waals surface area contributed by atoms with Crippen molar-refractivity contribution >= 4 is 11.6 Å². The van der Waals surface area contributed by atoms with Crippen molar-refractivity contribution in [3.05, 3.63) is 52.2 Å². The summed E-state index contributed by atoms with van der Waals surface area (Å²) in [5, 5.41) is 9.41. The van der Waals surface area contributed by atoms with E-state index in [1.165, 1.54) is 11.1 Å². The molecule has 106 valence electrons. The highest BCUT2D eigenvalue weighted by Crippen LogP contribution is 2.30. The zero-order valence-electron chi connectivity index (χ0n) is 11.9. The minimum Gasteiger partial charge on any atom is -0.438 e. The number of aliphatic hydroxyl groups excluding tert-OH is 1. The maximum atomic E-state index is 9.02. The molecule has 0 aliphatic heterocycles. The third-order valence-electron chi connectivity index (χ3n) is 3.12. The van der Waals surface area contributed by atoms with Crippen LogP contribution in [0.3, 0.4) is 0 Å². The number of hydrogen-bond acceptors (Lipinski definition) is 3. The lowest BCUT2D eigenvalue weighted by Crippen LogP contribution is -1.95. The van der Waals surface area contributed by atoms with Gasteiger partial charge in [0.25, 0.3) is 0 Å². The van der Waals surface area contributed by atoms with Gasteiger partial charge >= 0.3 is 0 Å². The lowest BCUT2D eigenvalue weighted by Gasteiger charge is -2.12. The summed E-state index contributed by atoms with van der Waals surface area (Å²) in [6.07, 6.45) is 1.55. The van der Waals surface area contributed by atoms with Gasteiger partial charge in [-0.3, -0.25) is 0 Å². The van der Waals surface area contributed by atoms with Gasteiger partial charge in [0.1, 0.15) is 10.8 Å². The van der Waals surface area contributed by atoms with Crippen molar-refractivity contribution in [1.29, 1.82) is 0 Å². The van der Waals surface area contributed by atoms with Gasteiger partial charge in [-0.2, -0.15) is 0 Å². The second kappa shape index (κ2) is 6.25. The fraction of sp³-hybridized carbons (Fsp3) is 0.312. The molecule has 1 aromatic heterocycles. The van der Waals surface area contributed by atoms with E-state index in [2.05, 4.69) is 31.8 Å². The highest BCUT2D eigenvalue weighted by Gasteiger charge is 2.09. The minimum atomic E-state index is -0.0881. The molecule has 0 amide bonds. The van der Waals surface area contributed by atoms with E-state index in [4.69, 9.17) is 21.4 Å². The molecule has 0 saturated heterocycles. The SMILES string of the molecule is Cc1cc(Oc2ncc(CO)cc2Cl)ccc1C(C)C. The first-order valence-electron chi connectivity index (χ1n) is 6.55. The molecule has 0 radical (unpaired) electrons. The lowest BCUT2D eigenvalue weighted by atomic mass is 9.98. The average molecular weight is 292 g/mol. The fourth-order valence-corrected chi connectivity index (χ4v) is 2.33. The van der Waals surface area contributed by atoms with Gasteiger partial charge in [-0.25, -0.2) is 4.98 Å². The Morgan fingerprint density at radius 3 is 2.60 bits per heavy atom. The smallest absolute Gasteiger partial charge is 0.238 e. The molecule has 0 fully saturated rings. The highest BCUT2D eigenvalue weighted by molar-refractivity contribution is 6.31. The van der Waals surface area contributed by atoms with Gasteiger partial charge in [-0.05, 0) is 47.7 Å². The van der Waals surface area contributed by atoms with Crippen LogP contribution in [0.15, 0.2) is 30.5 Å². The van der Waals surface area contributed by atoms with Crippen LogP contribution in [0.4, 0.5) is 0 Å². The molecule has 3 nitrogen and oxygen atoms in total. The van der Waals surface area contributed by atoms with Crippen molar-refractivity contribution < 1.29 is 9.84 Å².